The van der Waals surface area contributed by atoms with E-state index in [-0.39, 0.29) is 5.60 Å². The van der Waals surface area contributed by atoms with E-state index < -0.39 is 0 Å². The molecule has 5 aliphatic carbocycles. The highest BCUT2D eigenvalue weighted by Crippen LogP contribution is 2.79. The zero-order valence-electron chi connectivity index (χ0n) is 17.0. The third-order valence-electron chi connectivity index (χ3n) is 10.1. The molecule has 0 bridgehead atoms. The van der Waals surface area contributed by atoms with E-state index in [4.69, 9.17) is 4.74 Å². The van der Waals surface area contributed by atoms with Crippen molar-refractivity contribution in [2.75, 3.05) is 6.61 Å². The summed E-state index contributed by atoms with van der Waals surface area (Å²) in [7, 11) is 0. The highest BCUT2D eigenvalue weighted by Gasteiger charge is 2.77. The molecule has 4 fully saturated rings. The highest BCUT2D eigenvalue weighted by molar-refractivity contribution is 5.91. The molecule has 2 nitrogen and oxygen atoms in total. The molecule has 2 heteroatoms. The molecule has 0 unspecified atom stereocenters. The summed E-state index contributed by atoms with van der Waals surface area (Å²) in [5.74, 6) is 6.13. The maximum absolute atomic E-state index is 12.1. The Balaban J connectivity index is 1.44. The monoisotopic (exact) mass is 366 g/mol. The Morgan fingerprint density at radius 3 is 2.85 bits per heavy atom. The minimum atomic E-state index is 0.0684. The van der Waals surface area contributed by atoms with Crippen LogP contribution in [0, 0.1) is 46.8 Å². The van der Waals surface area contributed by atoms with Crippen LogP contribution in [0.3, 0.4) is 0 Å². The smallest absolute Gasteiger partial charge is 0.155 e. The Bertz CT molecular complexity index is 735. The molecule has 27 heavy (non-hydrogen) atoms. The van der Waals surface area contributed by atoms with Crippen molar-refractivity contribution in [1.29, 1.82) is 0 Å². The Morgan fingerprint density at radius 2 is 2.11 bits per heavy atom. The average Bonchev–Trinajstić information content (AvgIpc) is 3.26. The van der Waals surface area contributed by atoms with Crippen molar-refractivity contribution in [2.24, 2.45) is 46.8 Å². The van der Waals surface area contributed by atoms with Gasteiger partial charge in [-0.2, -0.15) is 0 Å². The van der Waals surface area contributed by atoms with Crippen LogP contribution in [0.4, 0.5) is 0 Å². The average molecular weight is 367 g/mol. The zero-order chi connectivity index (χ0) is 18.4. The Labute approximate surface area is 163 Å². The summed E-state index contributed by atoms with van der Waals surface area (Å²) in [6, 6.07) is 0. The summed E-state index contributed by atoms with van der Waals surface area (Å²) in [6.07, 6.45) is 16.7. The van der Waals surface area contributed by atoms with E-state index in [1.165, 1.54) is 44.1 Å². The van der Waals surface area contributed by atoms with Gasteiger partial charge in [0, 0.05) is 11.8 Å². The number of ether oxygens (including phenoxy) is 1. The zero-order valence-corrected chi connectivity index (χ0v) is 17.0. The number of carbonyl (C=O) groups is 1. The van der Waals surface area contributed by atoms with Gasteiger partial charge in [-0.3, -0.25) is 4.79 Å². The minimum Gasteiger partial charge on any atom is -0.366 e. The summed E-state index contributed by atoms with van der Waals surface area (Å²) in [4.78, 5) is 12.1. The van der Waals surface area contributed by atoms with Crippen LogP contribution in [-0.2, 0) is 9.53 Å². The lowest BCUT2D eigenvalue weighted by molar-refractivity contribution is -0.152. The molecule has 0 amide bonds. The van der Waals surface area contributed by atoms with Crippen molar-refractivity contribution < 1.29 is 9.53 Å². The Morgan fingerprint density at radius 1 is 1.22 bits per heavy atom. The van der Waals surface area contributed by atoms with Gasteiger partial charge in [0.1, 0.15) is 0 Å². The van der Waals surface area contributed by atoms with Gasteiger partial charge in [0.15, 0.2) is 5.78 Å². The summed E-state index contributed by atoms with van der Waals surface area (Å²) >= 11 is 0. The first-order chi connectivity index (χ1) is 13.1. The molecule has 0 aromatic rings. The van der Waals surface area contributed by atoms with Gasteiger partial charge >= 0.3 is 0 Å². The summed E-state index contributed by atoms with van der Waals surface area (Å²) in [5, 5.41) is 0. The van der Waals surface area contributed by atoms with Gasteiger partial charge in [0.25, 0.3) is 0 Å². The number of fused-ring (bicyclic) bond motifs is 9. The summed E-state index contributed by atoms with van der Waals surface area (Å²) in [5.41, 5.74) is 1.98. The number of rotatable bonds is 2. The summed E-state index contributed by atoms with van der Waals surface area (Å²) in [6.45, 7) is 5.68. The first-order valence-corrected chi connectivity index (χ1v) is 11.7. The first kappa shape index (κ1) is 17.0. The second-order valence-corrected chi connectivity index (χ2v) is 10.5. The third-order valence-corrected chi connectivity index (χ3v) is 10.1. The number of ketones is 1. The fourth-order valence-corrected chi connectivity index (χ4v) is 9.27. The number of allylic oxidation sites excluding steroid dienone is 1. The van der Waals surface area contributed by atoms with Crippen molar-refractivity contribution in [3.63, 3.8) is 0 Å². The van der Waals surface area contributed by atoms with Crippen molar-refractivity contribution >= 4 is 5.78 Å². The lowest BCUT2D eigenvalue weighted by Gasteiger charge is -2.60. The third kappa shape index (κ3) is 1.94. The van der Waals surface area contributed by atoms with Crippen LogP contribution in [0.1, 0.15) is 65.2 Å². The molecule has 6 aliphatic rings. The molecular weight excluding hydrogens is 332 g/mol. The van der Waals surface area contributed by atoms with E-state index in [1.807, 2.05) is 0 Å². The van der Waals surface area contributed by atoms with Crippen LogP contribution in [0.2, 0.25) is 0 Å². The van der Waals surface area contributed by atoms with Gasteiger partial charge in [-0.1, -0.05) is 38.0 Å². The van der Waals surface area contributed by atoms with Gasteiger partial charge in [0.05, 0.1) is 12.2 Å². The molecule has 4 saturated carbocycles. The number of carbonyl (C=O) groups excluding carboxylic acids is 1. The molecule has 0 aromatic carbocycles. The van der Waals surface area contributed by atoms with E-state index in [0.29, 0.717) is 17.1 Å². The fraction of sp³-hybridized carbons (Fsp3) is 0.800. The molecule has 0 aromatic heterocycles. The lowest BCUT2D eigenvalue weighted by Crippen LogP contribution is -2.57. The SMILES string of the molecule is CC[C@@H]1CC2=CC(=O)CC[C@@H]2[C@H]2CC[C@@]3(CC)[C@@H]([C@@H]4C[C@@H]4[C@@]34C=CCO4)[C@H]12. The van der Waals surface area contributed by atoms with E-state index >= 15 is 0 Å². The lowest BCUT2D eigenvalue weighted by atomic mass is 9.45. The van der Waals surface area contributed by atoms with Crippen LogP contribution < -0.4 is 0 Å². The first-order valence-electron chi connectivity index (χ1n) is 11.7. The van der Waals surface area contributed by atoms with Gasteiger partial charge in [0.2, 0.25) is 0 Å². The number of hydrogen-bond donors (Lipinski definition) is 0. The van der Waals surface area contributed by atoms with Crippen LogP contribution in [-0.4, -0.2) is 18.0 Å². The molecule has 1 spiro atoms. The van der Waals surface area contributed by atoms with Crippen LogP contribution in [0.5, 0.6) is 0 Å². The van der Waals surface area contributed by atoms with E-state index in [1.54, 1.807) is 0 Å². The van der Waals surface area contributed by atoms with Crippen molar-refractivity contribution in [3.8, 4) is 0 Å². The molecule has 1 heterocycles. The molecule has 146 valence electrons. The summed E-state index contributed by atoms with van der Waals surface area (Å²) < 4.78 is 6.62. The van der Waals surface area contributed by atoms with Crippen molar-refractivity contribution in [2.45, 2.75) is 70.8 Å². The predicted molar refractivity (Wildman–Crippen MR) is 106 cm³/mol. The Kier molecular flexibility index (Phi) is 3.52. The molecule has 6 rings (SSSR count). The second kappa shape index (κ2) is 5.59. The highest BCUT2D eigenvalue weighted by atomic mass is 16.5. The number of hydrogen-bond acceptors (Lipinski definition) is 2. The van der Waals surface area contributed by atoms with Gasteiger partial charge in [-0.15, -0.1) is 0 Å². The standard InChI is InChI=1S/C25H34O2/c1-3-15-12-16-13-17(26)6-7-18(16)19-8-10-24(4-2)23(22(15)19)20-14-21(20)25(24)9-5-11-27-25/h5,9,13,15,18-23H,3-4,6-8,10-12,14H2,1-2H3/t15-,18+,19-,20-,21+,22-,23+,24+,25+/m1/s1. The molecular formula is C25H34O2. The van der Waals surface area contributed by atoms with Crippen LogP contribution in [0.15, 0.2) is 23.8 Å². The molecule has 0 N–H and O–H groups in total. The second-order valence-electron chi connectivity index (χ2n) is 10.5. The fourth-order valence-electron chi connectivity index (χ4n) is 9.27. The molecule has 0 radical (unpaired) electrons. The maximum atomic E-state index is 12.1. The Hall–Kier alpha value is -0.890. The van der Waals surface area contributed by atoms with Gasteiger partial charge in [-0.05, 0) is 86.0 Å². The molecule has 9 atom stereocenters. The predicted octanol–water partition coefficient (Wildman–Crippen LogP) is 5.34. The normalized spacial score (nSPS) is 55.0. The minimum absolute atomic E-state index is 0.0684. The molecule has 0 saturated heterocycles. The van der Waals surface area contributed by atoms with Crippen molar-refractivity contribution in [3.05, 3.63) is 23.8 Å². The van der Waals surface area contributed by atoms with Gasteiger partial charge in [-0.25, -0.2) is 0 Å². The van der Waals surface area contributed by atoms with Crippen LogP contribution >= 0.6 is 0 Å². The van der Waals surface area contributed by atoms with Gasteiger partial charge < -0.3 is 4.74 Å². The van der Waals surface area contributed by atoms with Crippen molar-refractivity contribution in [1.82, 2.24) is 0 Å². The quantitative estimate of drug-likeness (QED) is 0.617. The largest absolute Gasteiger partial charge is 0.366 e. The van der Waals surface area contributed by atoms with Crippen LogP contribution in [0.25, 0.3) is 0 Å². The van der Waals surface area contributed by atoms with E-state index in [9.17, 15) is 4.79 Å². The van der Waals surface area contributed by atoms with E-state index in [2.05, 4.69) is 32.1 Å². The van der Waals surface area contributed by atoms with E-state index in [0.717, 1.165) is 55.0 Å². The molecule has 1 aliphatic heterocycles. The topological polar surface area (TPSA) is 26.3 Å². The maximum Gasteiger partial charge on any atom is 0.155 e.